The van der Waals surface area contributed by atoms with Gasteiger partial charge in [0.15, 0.2) is 17.6 Å². The molecule has 0 amide bonds. The number of piperidine rings is 1. The molecular weight excluding hydrogens is 324 g/mol. The van der Waals surface area contributed by atoms with Crippen LogP contribution in [0.15, 0.2) is 22.8 Å². The molecule has 0 aliphatic carbocycles. The highest BCUT2D eigenvalue weighted by Gasteiger charge is 2.36. The van der Waals surface area contributed by atoms with Crippen LogP contribution in [-0.2, 0) is 6.42 Å². The average molecular weight is 347 g/mol. The number of hydrogen-bond acceptors (Lipinski definition) is 5. The van der Waals surface area contributed by atoms with Crippen molar-refractivity contribution in [3.63, 3.8) is 0 Å². The minimum absolute atomic E-state index is 0.00563. The largest absolute Gasteiger partial charge is 0.492 e. The zero-order valence-electron chi connectivity index (χ0n) is 14.0. The van der Waals surface area contributed by atoms with Crippen LogP contribution >= 0.6 is 11.3 Å². The van der Waals surface area contributed by atoms with Crippen LogP contribution in [0, 0.1) is 5.92 Å². The summed E-state index contributed by atoms with van der Waals surface area (Å²) in [7, 11) is 0. The van der Waals surface area contributed by atoms with E-state index >= 15 is 0 Å². The van der Waals surface area contributed by atoms with Gasteiger partial charge in [-0.25, -0.2) is 4.98 Å². The topological polar surface area (TPSA) is 68.0 Å². The quantitative estimate of drug-likeness (QED) is 0.758. The Labute approximate surface area is 144 Å². The molecule has 1 atom stereocenters. The van der Waals surface area contributed by atoms with Gasteiger partial charge in [0.25, 0.3) is 0 Å². The monoisotopic (exact) mass is 347 g/mol. The second-order valence-corrected chi connectivity index (χ2v) is 7.66. The Morgan fingerprint density at radius 1 is 1.46 bits per heavy atom. The van der Waals surface area contributed by atoms with Crippen LogP contribution in [-0.4, -0.2) is 32.8 Å². The lowest BCUT2D eigenvalue weighted by Gasteiger charge is -2.32. The van der Waals surface area contributed by atoms with Gasteiger partial charge < -0.3 is 14.4 Å². The van der Waals surface area contributed by atoms with E-state index in [1.165, 1.54) is 29.1 Å². The van der Waals surface area contributed by atoms with Crippen molar-refractivity contribution in [2.45, 2.75) is 39.2 Å². The van der Waals surface area contributed by atoms with Gasteiger partial charge in [-0.05, 0) is 30.9 Å². The van der Waals surface area contributed by atoms with E-state index in [9.17, 15) is 5.11 Å². The highest BCUT2D eigenvalue weighted by atomic mass is 32.1. The molecule has 1 aliphatic rings. The van der Waals surface area contributed by atoms with E-state index in [-0.39, 0.29) is 11.9 Å². The van der Waals surface area contributed by atoms with Crippen molar-refractivity contribution in [2.75, 3.05) is 13.1 Å². The summed E-state index contributed by atoms with van der Waals surface area (Å²) in [5.41, 5.74) is 0. The molecule has 1 saturated heterocycles. The number of aryl methyl sites for hydroxylation is 1. The Morgan fingerprint density at radius 2 is 2.25 bits per heavy atom. The van der Waals surface area contributed by atoms with Gasteiger partial charge in [0.1, 0.15) is 4.88 Å². The zero-order chi connectivity index (χ0) is 16.7. The number of likely N-dealkylation sites (tertiary alicyclic amines) is 1. The summed E-state index contributed by atoms with van der Waals surface area (Å²) in [6.45, 7) is 6.49. The molecular formula is C17H23N4O2S+. The SMILES string of the molecule is CCc1nc2sc([C@@H](c3ccco3)[NH+]3CCC(C)CC3)c(O)n2n1. The fourth-order valence-corrected chi connectivity index (χ4v) is 4.66. The van der Waals surface area contributed by atoms with Crippen molar-refractivity contribution in [3.8, 4) is 5.88 Å². The van der Waals surface area contributed by atoms with Crippen LogP contribution < -0.4 is 4.90 Å². The molecule has 1 fully saturated rings. The van der Waals surface area contributed by atoms with Gasteiger partial charge in [0, 0.05) is 6.42 Å². The molecule has 0 aromatic carbocycles. The van der Waals surface area contributed by atoms with Crippen LogP contribution in [0.4, 0.5) is 0 Å². The molecule has 0 radical (unpaired) electrons. The first kappa shape index (κ1) is 15.7. The number of furan rings is 1. The molecule has 1 aliphatic heterocycles. The maximum absolute atomic E-state index is 10.8. The highest BCUT2D eigenvalue weighted by molar-refractivity contribution is 7.17. The Hall–Kier alpha value is -1.86. The van der Waals surface area contributed by atoms with Crippen molar-refractivity contribution in [2.24, 2.45) is 5.92 Å². The van der Waals surface area contributed by atoms with Crippen LogP contribution in [0.3, 0.4) is 0 Å². The lowest BCUT2D eigenvalue weighted by Crippen LogP contribution is -3.13. The van der Waals surface area contributed by atoms with E-state index < -0.39 is 0 Å². The molecule has 3 aromatic rings. The summed E-state index contributed by atoms with van der Waals surface area (Å²) in [4.78, 5) is 7.59. The summed E-state index contributed by atoms with van der Waals surface area (Å²) < 4.78 is 7.30. The van der Waals surface area contributed by atoms with Crippen LogP contribution in [0.2, 0.25) is 0 Å². The number of thiazole rings is 1. The summed E-state index contributed by atoms with van der Waals surface area (Å²) >= 11 is 1.52. The van der Waals surface area contributed by atoms with E-state index in [2.05, 4.69) is 17.0 Å². The Bertz CT molecular complexity index is 815. The van der Waals surface area contributed by atoms with Crippen LogP contribution in [0.5, 0.6) is 5.88 Å². The van der Waals surface area contributed by atoms with Crippen molar-refractivity contribution in [3.05, 3.63) is 34.9 Å². The molecule has 128 valence electrons. The summed E-state index contributed by atoms with van der Waals surface area (Å²) in [5, 5.41) is 15.2. The minimum Gasteiger partial charge on any atom is -0.492 e. The van der Waals surface area contributed by atoms with Crippen molar-refractivity contribution >= 4 is 16.3 Å². The Kier molecular flexibility index (Phi) is 4.05. The fraction of sp³-hybridized carbons (Fsp3) is 0.529. The number of aromatic nitrogens is 3. The minimum atomic E-state index is 0.00563. The van der Waals surface area contributed by atoms with Crippen LogP contribution in [0.25, 0.3) is 4.96 Å². The molecule has 4 rings (SSSR count). The van der Waals surface area contributed by atoms with Crippen molar-refractivity contribution in [1.29, 1.82) is 0 Å². The second-order valence-electron chi connectivity index (χ2n) is 6.66. The van der Waals surface area contributed by atoms with E-state index in [1.807, 2.05) is 19.1 Å². The van der Waals surface area contributed by atoms with Crippen LogP contribution in [0.1, 0.15) is 49.2 Å². The van der Waals surface area contributed by atoms with Gasteiger partial charge in [0.2, 0.25) is 10.8 Å². The van der Waals surface area contributed by atoms with Gasteiger partial charge in [-0.3, -0.25) is 0 Å². The number of hydrogen-bond donors (Lipinski definition) is 2. The molecule has 0 bridgehead atoms. The smallest absolute Gasteiger partial charge is 0.235 e. The molecule has 7 heteroatoms. The van der Waals surface area contributed by atoms with Gasteiger partial charge in [-0.2, -0.15) is 4.52 Å². The maximum atomic E-state index is 10.8. The van der Waals surface area contributed by atoms with Gasteiger partial charge in [0.05, 0.1) is 19.4 Å². The van der Waals surface area contributed by atoms with Crippen molar-refractivity contribution in [1.82, 2.24) is 14.6 Å². The summed E-state index contributed by atoms with van der Waals surface area (Å²) in [6, 6.07) is 3.92. The van der Waals surface area contributed by atoms with Gasteiger partial charge in [-0.1, -0.05) is 25.2 Å². The molecule has 3 aromatic heterocycles. The normalized spacial score (nSPS) is 22.9. The first-order valence-corrected chi connectivity index (χ1v) is 9.44. The third-order valence-corrected chi connectivity index (χ3v) is 6.06. The molecule has 6 nitrogen and oxygen atoms in total. The zero-order valence-corrected chi connectivity index (χ0v) is 14.8. The number of nitrogens with zero attached hydrogens (tertiary/aromatic N) is 3. The molecule has 2 N–H and O–H groups in total. The molecule has 0 saturated carbocycles. The average Bonchev–Trinajstić information content (AvgIpc) is 3.29. The third kappa shape index (κ3) is 2.61. The van der Waals surface area contributed by atoms with E-state index in [1.54, 1.807) is 10.8 Å². The second kappa shape index (κ2) is 6.22. The standard InChI is InChI=1S/C17H22N4O2S/c1-3-13-18-17-21(19-13)16(22)15(24-17)14(12-5-4-10-23-12)20-8-6-11(2)7-9-20/h4-5,10-11,14,22H,3,6-9H2,1-2H3/p+1/t14-/m1/s1. The molecule has 24 heavy (non-hydrogen) atoms. The number of aromatic hydroxyl groups is 1. The number of quaternary nitrogens is 1. The summed E-state index contributed by atoms with van der Waals surface area (Å²) in [5.74, 6) is 2.63. The summed E-state index contributed by atoms with van der Waals surface area (Å²) in [6.07, 6.45) is 4.87. The lowest BCUT2D eigenvalue weighted by molar-refractivity contribution is -0.932. The van der Waals surface area contributed by atoms with E-state index in [4.69, 9.17) is 4.42 Å². The van der Waals surface area contributed by atoms with Gasteiger partial charge >= 0.3 is 0 Å². The lowest BCUT2D eigenvalue weighted by atomic mass is 9.97. The predicted molar refractivity (Wildman–Crippen MR) is 91.6 cm³/mol. The Morgan fingerprint density at radius 3 is 2.88 bits per heavy atom. The Balaban J connectivity index is 1.76. The first-order valence-electron chi connectivity index (χ1n) is 8.62. The molecule has 0 unspecified atom stereocenters. The van der Waals surface area contributed by atoms with E-state index in [0.717, 1.165) is 46.9 Å². The number of nitrogens with one attached hydrogen (secondary N) is 1. The third-order valence-electron chi connectivity index (χ3n) is 4.97. The fourth-order valence-electron chi connectivity index (χ4n) is 3.52. The van der Waals surface area contributed by atoms with Gasteiger partial charge in [-0.15, -0.1) is 5.10 Å². The molecule has 4 heterocycles. The van der Waals surface area contributed by atoms with Crippen molar-refractivity contribution < 1.29 is 14.4 Å². The molecule has 0 spiro atoms. The number of rotatable bonds is 4. The van der Waals surface area contributed by atoms with E-state index in [0.29, 0.717) is 0 Å². The maximum Gasteiger partial charge on any atom is 0.235 e. The number of fused-ring (bicyclic) bond motifs is 1. The first-order chi connectivity index (χ1) is 11.7. The predicted octanol–water partition coefficient (Wildman–Crippen LogP) is 2.06. The highest BCUT2D eigenvalue weighted by Crippen LogP contribution is 2.35.